The second-order valence-electron chi connectivity index (χ2n) is 4.32. The van der Waals surface area contributed by atoms with E-state index in [1.54, 1.807) is 0 Å². The van der Waals surface area contributed by atoms with Crippen LogP contribution in [0.25, 0.3) is 0 Å². The third kappa shape index (κ3) is 4.53. The molecule has 1 saturated heterocycles. The molecule has 0 aliphatic carbocycles. The lowest BCUT2D eigenvalue weighted by molar-refractivity contribution is -0.117. The van der Waals surface area contributed by atoms with Crippen LogP contribution in [0.3, 0.4) is 0 Å². The molecule has 0 unspecified atom stereocenters. The Morgan fingerprint density at radius 1 is 1.21 bits per heavy atom. The van der Waals surface area contributed by atoms with Gasteiger partial charge in [0.05, 0.1) is 12.2 Å². The fraction of sp³-hybridized carbons (Fsp3) is 0.417. The minimum absolute atomic E-state index is 0.00521. The lowest BCUT2D eigenvalue weighted by Gasteiger charge is -2.26. The number of carbonyl (C=O) groups is 1. The predicted octanol–water partition coefficient (Wildman–Crippen LogP) is 2.82. The summed E-state index contributed by atoms with van der Waals surface area (Å²) >= 11 is 10.3. The molecule has 4 nitrogen and oxygen atoms in total. The van der Waals surface area contributed by atoms with Crippen LogP contribution in [-0.2, 0) is 4.79 Å². The third-order valence-corrected chi connectivity index (χ3v) is 4.56. The zero-order chi connectivity index (χ0) is 13.8. The summed E-state index contributed by atoms with van der Waals surface area (Å²) in [7, 11) is 0. The normalized spacial score (nSPS) is 16.4. The maximum absolute atomic E-state index is 12.0. The lowest BCUT2D eigenvalue weighted by atomic mass is 10.3. The first kappa shape index (κ1) is 15.4. The van der Waals surface area contributed by atoms with Gasteiger partial charge < -0.3 is 10.6 Å². The number of carbonyl (C=O) groups excluding carboxylic acids is 1. The first-order chi connectivity index (χ1) is 9.06. The van der Waals surface area contributed by atoms with E-state index < -0.39 is 0 Å². The number of benzene rings is 1. The van der Waals surface area contributed by atoms with Crippen LogP contribution in [0.5, 0.6) is 0 Å². The Bertz CT molecular complexity index is 452. The molecule has 2 rings (SSSR count). The van der Waals surface area contributed by atoms with Crippen molar-refractivity contribution in [1.82, 2.24) is 10.2 Å². The Labute approximate surface area is 137 Å². The van der Waals surface area contributed by atoms with E-state index in [9.17, 15) is 4.79 Å². The smallest absolute Gasteiger partial charge is 0.238 e. The number of hydrogen-bond acceptors (Lipinski definition) is 3. The molecule has 7 heteroatoms. The number of nitrogens with one attached hydrogen (secondary N) is 2. The van der Waals surface area contributed by atoms with Crippen molar-refractivity contribution in [3.8, 4) is 0 Å². The second kappa shape index (κ2) is 7.17. The Morgan fingerprint density at radius 2 is 1.79 bits per heavy atom. The molecule has 0 bridgehead atoms. The summed E-state index contributed by atoms with van der Waals surface area (Å²) in [6.45, 7) is 4.14. The van der Waals surface area contributed by atoms with Crippen LogP contribution in [0.4, 0.5) is 5.69 Å². The molecule has 0 saturated carbocycles. The van der Waals surface area contributed by atoms with Crippen LogP contribution in [0.2, 0.25) is 0 Å². The second-order valence-corrected chi connectivity index (χ2v) is 6.94. The van der Waals surface area contributed by atoms with Crippen molar-refractivity contribution in [3.05, 3.63) is 25.6 Å². The van der Waals surface area contributed by atoms with Crippen molar-refractivity contribution in [2.75, 3.05) is 38.0 Å². The molecule has 1 aliphatic rings. The van der Waals surface area contributed by atoms with Gasteiger partial charge in [0.1, 0.15) is 0 Å². The number of nitrogens with zero attached hydrogens (tertiary/aromatic N) is 1. The Hall–Kier alpha value is 0.0500. The highest BCUT2D eigenvalue weighted by atomic mass is 79.9. The average molecular weight is 456 g/mol. The van der Waals surface area contributed by atoms with E-state index in [0.29, 0.717) is 6.54 Å². The fourth-order valence-electron chi connectivity index (χ4n) is 1.91. The van der Waals surface area contributed by atoms with E-state index in [4.69, 9.17) is 0 Å². The average Bonchev–Trinajstić information content (AvgIpc) is 2.35. The zero-order valence-corrected chi connectivity index (χ0v) is 14.9. The molecule has 1 aromatic rings. The lowest BCUT2D eigenvalue weighted by Crippen LogP contribution is -2.46. The van der Waals surface area contributed by atoms with Crippen molar-refractivity contribution in [3.63, 3.8) is 0 Å². The van der Waals surface area contributed by atoms with Gasteiger partial charge in [-0.05, 0) is 44.0 Å². The largest absolute Gasteiger partial charge is 0.323 e. The standard InChI is InChI=1S/C12H14Br3N3O/c13-8-5-9(14)12(10(15)6-8)17-11(19)7-18-3-1-16-2-4-18/h5-6,16H,1-4,7H2,(H,17,19). The minimum atomic E-state index is 0.00521. The van der Waals surface area contributed by atoms with E-state index >= 15 is 0 Å². The molecule has 1 aromatic carbocycles. The molecular weight excluding hydrogens is 442 g/mol. The van der Waals surface area contributed by atoms with E-state index in [1.165, 1.54) is 0 Å². The summed E-state index contributed by atoms with van der Waals surface area (Å²) in [6.07, 6.45) is 0. The van der Waals surface area contributed by atoms with Crippen LogP contribution in [0.1, 0.15) is 0 Å². The Balaban J connectivity index is 1.98. The number of rotatable bonds is 3. The van der Waals surface area contributed by atoms with Crippen LogP contribution in [0.15, 0.2) is 25.6 Å². The van der Waals surface area contributed by atoms with Gasteiger partial charge in [0.15, 0.2) is 0 Å². The van der Waals surface area contributed by atoms with Crippen molar-refractivity contribution in [1.29, 1.82) is 0 Å². The van der Waals surface area contributed by atoms with Crippen molar-refractivity contribution in [2.24, 2.45) is 0 Å². The van der Waals surface area contributed by atoms with Gasteiger partial charge in [0.25, 0.3) is 0 Å². The van der Waals surface area contributed by atoms with Crippen molar-refractivity contribution < 1.29 is 4.79 Å². The Kier molecular flexibility index (Phi) is 5.83. The first-order valence-electron chi connectivity index (χ1n) is 5.94. The highest BCUT2D eigenvalue weighted by Crippen LogP contribution is 2.34. The molecule has 0 radical (unpaired) electrons. The summed E-state index contributed by atoms with van der Waals surface area (Å²) < 4.78 is 2.65. The molecule has 1 aliphatic heterocycles. The van der Waals surface area contributed by atoms with Gasteiger partial charge in [-0.3, -0.25) is 9.69 Å². The van der Waals surface area contributed by atoms with Gasteiger partial charge in [0.2, 0.25) is 5.91 Å². The summed E-state index contributed by atoms with van der Waals surface area (Å²) in [4.78, 5) is 14.2. The van der Waals surface area contributed by atoms with Crippen LogP contribution in [-0.4, -0.2) is 43.5 Å². The molecule has 1 heterocycles. The topological polar surface area (TPSA) is 44.4 Å². The quantitative estimate of drug-likeness (QED) is 0.736. The van der Waals surface area contributed by atoms with Crippen LogP contribution >= 0.6 is 47.8 Å². The number of amides is 1. The van der Waals surface area contributed by atoms with Gasteiger partial charge in [-0.25, -0.2) is 0 Å². The van der Waals surface area contributed by atoms with E-state index in [0.717, 1.165) is 45.3 Å². The maximum Gasteiger partial charge on any atom is 0.238 e. The molecule has 104 valence electrons. The zero-order valence-electron chi connectivity index (χ0n) is 10.2. The molecule has 19 heavy (non-hydrogen) atoms. The van der Waals surface area contributed by atoms with Gasteiger partial charge in [-0.1, -0.05) is 15.9 Å². The first-order valence-corrected chi connectivity index (χ1v) is 8.31. The monoisotopic (exact) mass is 453 g/mol. The molecule has 0 atom stereocenters. The summed E-state index contributed by atoms with van der Waals surface area (Å²) in [5.41, 5.74) is 0.767. The van der Waals surface area contributed by atoms with Crippen LogP contribution < -0.4 is 10.6 Å². The molecule has 1 amide bonds. The molecule has 2 N–H and O–H groups in total. The van der Waals surface area contributed by atoms with E-state index in [-0.39, 0.29) is 5.91 Å². The maximum atomic E-state index is 12.0. The summed E-state index contributed by atoms with van der Waals surface area (Å²) in [5, 5.41) is 6.21. The SMILES string of the molecule is O=C(CN1CCNCC1)Nc1c(Br)cc(Br)cc1Br. The predicted molar refractivity (Wildman–Crippen MR) is 87.5 cm³/mol. The number of anilines is 1. The van der Waals surface area contributed by atoms with Gasteiger partial charge in [-0.15, -0.1) is 0 Å². The minimum Gasteiger partial charge on any atom is -0.323 e. The van der Waals surface area contributed by atoms with Crippen molar-refractivity contribution in [2.45, 2.75) is 0 Å². The van der Waals surface area contributed by atoms with Gasteiger partial charge in [-0.2, -0.15) is 0 Å². The van der Waals surface area contributed by atoms with Crippen LogP contribution in [0, 0.1) is 0 Å². The highest BCUT2D eigenvalue weighted by Gasteiger charge is 2.15. The fourth-order valence-corrected chi connectivity index (χ4v) is 4.37. The molecule has 1 fully saturated rings. The Morgan fingerprint density at radius 3 is 2.37 bits per heavy atom. The van der Waals surface area contributed by atoms with E-state index in [1.807, 2.05) is 12.1 Å². The molecule has 0 aromatic heterocycles. The highest BCUT2D eigenvalue weighted by molar-refractivity contribution is 9.11. The van der Waals surface area contributed by atoms with Crippen molar-refractivity contribution >= 4 is 59.4 Å². The molecular formula is C12H14Br3N3O. The summed E-state index contributed by atoms with van der Waals surface area (Å²) in [6, 6.07) is 3.82. The van der Waals surface area contributed by atoms with E-state index in [2.05, 4.69) is 63.3 Å². The molecule has 0 spiro atoms. The third-order valence-electron chi connectivity index (χ3n) is 2.85. The number of hydrogen-bond donors (Lipinski definition) is 2. The number of halogens is 3. The number of piperazine rings is 1. The van der Waals surface area contributed by atoms with Gasteiger partial charge in [0, 0.05) is 39.6 Å². The van der Waals surface area contributed by atoms with Gasteiger partial charge >= 0.3 is 0 Å². The summed E-state index contributed by atoms with van der Waals surface area (Å²) in [5.74, 6) is 0.00521.